The molecule has 0 atom stereocenters. The minimum atomic E-state index is 0.0444. The normalized spacial score (nSPS) is 10.2. The van der Waals surface area contributed by atoms with E-state index < -0.39 is 0 Å². The van der Waals surface area contributed by atoms with Crippen LogP contribution in [0.3, 0.4) is 0 Å². The van der Waals surface area contributed by atoms with Crippen molar-refractivity contribution in [1.82, 2.24) is 0 Å². The number of hydrogen-bond acceptors (Lipinski definition) is 3. The van der Waals surface area contributed by atoms with Gasteiger partial charge in [0.05, 0.1) is 0 Å². The number of hydrogen-bond donors (Lipinski definition) is 3. The smallest absolute Gasteiger partial charge is 0.224 e. The third-order valence-electron chi connectivity index (χ3n) is 2.62. The fourth-order valence-corrected chi connectivity index (χ4v) is 1.64. The van der Waals surface area contributed by atoms with Crippen LogP contribution < -0.4 is 16.8 Å². The monoisotopic (exact) mass is 235 g/mol. The number of para-hydroxylation sites is 1. The van der Waals surface area contributed by atoms with E-state index in [4.69, 9.17) is 11.5 Å². The Bertz CT molecular complexity index is 352. The second-order valence-corrected chi connectivity index (χ2v) is 4.01. The summed E-state index contributed by atoms with van der Waals surface area (Å²) in [7, 11) is 0. The van der Waals surface area contributed by atoms with Crippen LogP contribution >= 0.6 is 0 Å². The molecule has 0 aliphatic carbocycles. The van der Waals surface area contributed by atoms with Crippen molar-refractivity contribution in [3.63, 3.8) is 0 Å². The van der Waals surface area contributed by atoms with Crippen LogP contribution in [-0.2, 0) is 11.3 Å². The molecule has 0 saturated heterocycles. The van der Waals surface area contributed by atoms with Gasteiger partial charge >= 0.3 is 0 Å². The molecule has 4 nitrogen and oxygen atoms in total. The molecule has 0 spiro atoms. The van der Waals surface area contributed by atoms with E-state index in [1.165, 1.54) is 0 Å². The van der Waals surface area contributed by atoms with Gasteiger partial charge in [-0.1, -0.05) is 24.6 Å². The third kappa shape index (κ3) is 4.97. The van der Waals surface area contributed by atoms with Crippen molar-refractivity contribution in [2.45, 2.75) is 32.2 Å². The first-order valence-corrected chi connectivity index (χ1v) is 6.06. The molecule has 0 unspecified atom stereocenters. The molecular weight excluding hydrogens is 214 g/mol. The topological polar surface area (TPSA) is 81.1 Å². The molecule has 1 aromatic carbocycles. The number of carbonyl (C=O) groups is 1. The molecule has 17 heavy (non-hydrogen) atoms. The molecule has 0 radical (unpaired) electrons. The lowest BCUT2D eigenvalue weighted by molar-refractivity contribution is -0.116. The molecule has 0 fully saturated rings. The molecule has 5 N–H and O–H groups in total. The zero-order valence-electron chi connectivity index (χ0n) is 10.1. The summed E-state index contributed by atoms with van der Waals surface area (Å²) >= 11 is 0. The Hall–Kier alpha value is -1.39. The Morgan fingerprint density at radius 3 is 2.59 bits per heavy atom. The Balaban J connectivity index is 2.39. The molecule has 1 amide bonds. The molecular formula is C13H21N3O. The van der Waals surface area contributed by atoms with Gasteiger partial charge in [-0.2, -0.15) is 0 Å². The molecule has 0 heterocycles. The Morgan fingerprint density at radius 1 is 1.12 bits per heavy atom. The molecule has 94 valence electrons. The standard InChI is InChI=1S/C13H21N3O/c14-9-5-1-2-8-13(17)16-12-7-4-3-6-11(12)10-15/h3-4,6-7H,1-2,5,8-10,14-15H2,(H,16,17). The van der Waals surface area contributed by atoms with E-state index in [1.54, 1.807) is 0 Å². The van der Waals surface area contributed by atoms with E-state index in [1.807, 2.05) is 24.3 Å². The first-order chi connectivity index (χ1) is 8.27. The highest BCUT2D eigenvalue weighted by Gasteiger charge is 2.04. The molecule has 1 aromatic rings. The second-order valence-electron chi connectivity index (χ2n) is 4.01. The van der Waals surface area contributed by atoms with Crippen LogP contribution in [0.25, 0.3) is 0 Å². The molecule has 0 bridgehead atoms. The summed E-state index contributed by atoms with van der Waals surface area (Å²) in [6, 6.07) is 7.60. The van der Waals surface area contributed by atoms with Crippen LogP contribution in [0.4, 0.5) is 5.69 Å². The fraction of sp³-hybridized carbons (Fsp3) is 0.462. The van der Waals surface area contributed by atoms with E-state index in [-0.39, 0.29) is 5.91 Å². The summed E-state index contributed by atoms with van der Waals surface area (Å²) in [5, 5.41) is 2.89. The maximum absolute atomic E-state index is 11.7. The van der Waals surface area contributed by atoms with Gasteiger partial charge in [-0.05, 0) is 31.0 Å². The van der Waals surface area contributed by atoms with Crippen molar-refractivity contribution >= 4 is 11.6 Å². The maximum atomic E-state index is 11.7. The van der Waals surface area contributed by atoms with Crippen LogP contribution in [0.2, 0.25) is 0 Å². The van der Waals surface area contributed by atoms with Crippen LogP contribution in [0.1, 0.15) is 31.2 Å². The lowest BCUT2D eigenvalue weighted by Crippen LogP contribution is -2.13. The quantitative estimate of drug-likeness (QED) is 0.628. The van der Waals surface area contributed by atoms with Crippen molar-refractivity contribution in [2.75, 3.05) is 11.9 Å². The third-order valence-corrected chi connectivity index (χ3v) is 2.62. The van der Waals surface area contributed by atoms with E-state index in [0.29, 0.717) is 19.5 Å². The van der Waals surface area contributed by atoms with Gasteiger partial charge in [-0.25, -0.2) is 0 Å². The first-order valence-electron chi connectivity index (χ1n) is 6.06. The van der Waals surface area contributed by atoms with Crippen molar-refractivity contribution in [1.29, 1.82) is 0 Å². The van der Waals surface area contributed by atoms with Crippen molar-refractivity contribution in [2.24, 2.45) is 11.5 Å². The van der Waals surface area contributed by atoms with E-state index in [2.05, 4.69) is 5.32 Å². The van der Waals surface area contributed by atoms with E-state index in [9.17, 15) is 4.79 Å². The molecule has 1 rings (SSSR count). The average molecular weight is 235 g/mol. The van der Waals surface area contributed by atoms with Crippen molar-refractivity contribution in [3.8, 4) is 0 Å². The van der Waals surface area contributed by atoms with Crippen LogP contribution in [0, 0.1) is 0 Å². The van der Waals surface area contributed by atoms with Gasteiger partial charge in [0.1, 0.15) is 0 Å². The summed E-state index contributed by atoms with van der Waals surface area (Å²) < 4.78 is 0. The largest absolute Gasteiger partial charge is 0.330 e. The van der Waals surface area contributed by atoms with Gasteiger partial charge in [-0.3, -0.25) is 4.79 Å². The predicted molar refractivity (Wildman–Crippen MR) is 70.5 cm³/mol. The summed E-state index contributed by atoms with van der Waals surface area (Å²) in [4.78, 5) is 11.7. The number of amides is 1. The van der Waals surface area contributed by atoms with Gasteiger partial charge < -0.3 is 16.8 Å². The number of benzene rings is 1. The van der Waals surface area contributed by atoms with Crippen molar-refractivity contribution in [3.05, 3.63) is 29.8 Å². The van der Waals surface area contributed by atoms with Gasteiger partial charge in [0.15, 0.2) is 0 Å². The molecule has 0 aliphatic heterocycles. The van der Waals surface area contributed by atoms with Crippen molar-refractivity contribution < 1.29 is 4.79 Å². The number of nitrogens with one attached hydrogen (secondary N) is 1. The summed E-state index contributed by atoms with van der Waals surface area (Å²) in [5.74, 6) is 0.0444. The SMILES string of the molecule is NCCCCCC(=O)Nc1ccccc1CN. The molecule has 0 saturated carbocycles. The van der Waals surface area contributed by atoms with Gasteiger partial charge in [-0.15, -0.1) is 0 Å². The molecule has 0 aromatic heterocycles. The summed E-state index contributed by atoms with van der Waals surface area (Å²) in [5.41, 5.74) is 12.8. The number of nitrogens with two attached hydrogens (primary N) is 2. The van der Waals surface area contributed by atoms with E-state index >= 15 is 0 Å². The fourth-order valence-electron chi connectivity index (χ4n) is 1.64. The maximum Gasteiger partial charge on any atom is 0.224 e. The zero-order valence-corrected chi connectivity index (χ0v) is 10.1. The number of carbonyl (C=O) groups excluding carboxylic acids is 1. The molecule has 0 aliphatic rings. The van der Waals surface area contributed by atoms with Crippen LogP contribution in [0.15, 0.2) is 24.3 Å². The molecule has 4 heteroatoms. The minimum absolute atomic E-state index is 0.0444. The summed E-state index contributed by atoms with van der Waals surface area (Å²) in [6.45, 7) is 1.13. The predicted octanol–water partition coefficient (Wildman–Crippen LogP) is 1.60. The van der Waals surface area contributed by atoms with Crippen LogP contribution in [-0.4, -0.2) is 12.5 Å². The Morgan fingerprint density at radius 2 is 1.88 bits per heavy atom. The van der Waals surface area contributed by atoms with Gasteiger partial charge in [0, 0.05) is 18.7 Å². The minimum Gasteiger partial charge on any atom is -0.330 e. The number of unbranched alkanes of at least 4 members (excludes halogenated alkanes) is 2. The number of anilines is 1. The number of rotatable bonds is 7. The lowest BCUT2D eigenvalue weighted by Gasteiger charge is -2.09. The highest BCUT2D eigenvalue weighted by Crippen LogP contribution is 2.14. The Labute approximate surface area is 102 Å². The first kappa shape index (κ1) is 13.7. The van der Waals surface area contributed by atoms with Gasteiger partial charge in [0.2, 0.25) is 5.91 Å². The highest BCUT2D eigenvalue weighted by molar-refractivity contribution is 5.91. The van der Waals surface area contributed by atoms with Gasteiger partial charge in [0.25, 0.3) is 0 Å². The Kier molecular flexibility index (Phi) is 6.29. The zero-order chi connectivity index (χ0) is 12.5. The van der Waals surface area contributed by atoms with E-state index in [0.717, 1.165) is 30.5 Å². The highest BCUT2D eigenvalue weighted by atomic mass is 16.1. The lowest BCUT2D eigenvalue weighted by atomic mass is 10.1. The second kappa shape index (κ2) is 7.81. The summed E-state index contributed by atoms with van der Waals surface area (Å²) in [6.07, 6.45) is 3.40. The average Bonchev–Trinajstić information content (AvgIpc) is 2.35. The van der Waals surface area contributed by atoms with Crippen LogP contribution in [0.5, 0.6) is 0 Å².